The average molecular weight is 258 g/mol. The van der Waals surface area contributed by atoms with Gasteiger partial charge in [-0.25, -0.2) is 0 Å². The predicted molar refractivity (Wildman–Crippen MR) is 79.2 cm³/mol. The van der Waals surface area contributed by atoms with Crippen molar-refractivity contribution < 1.29 is 4.74 Å². The van der Waals surface area contributed by atoms with Gasteiger partial charge in [0.2, 0.25) is 0 Å². The lowest BCUT2D eigenvalue weighted by Crippen LogP contribution is -2.20. The van der Waals surface area contributed by atoms with E-state index in [4.69, 9.17) is 4.74 Å². The Kier molecular flexibility index (Phi) is 4.22. The molecule has 1 fully saturated rings. The first-order chi connectivity index (χ1) is 9.33. The topological polar surface area (TPSA) is 9.23 Å². The van der Waals surface area contributed by atoms with Crippen LogP contribution in [-0.4, -0.2) is 6.10 Å². The molecule has 0 bridgehead atoms. The zero-order chi connectivity index (χ0) is 13.1. The van der Waals surface area contributed by atoms with E-state index in [1.165, 1.54) is 62.5 Å². The number of ether oxygens (including phenoxy) is 1. The van der Waals surface area contributed by atoms with E-state index < -0.39 is 0 Å². The standard InChI is InChI=1S/C18H26O/c1-14(13-15-7-2-3-8-15)19-18-12-6-10-16-9-4-5-11-17(16)18/h4-5,9,11,14-15,18H,2-3,6-8,10,12-13H2,1H3. The molecule has 0 aromatic heterocycles. The van der Waals surface area contributed by atoms with E-state index in [-0.39, 0.29) is 0 Å². The van der Waals surface area contributed by atoms with Gasteiger partial charge in [-0.3, -0.25) is 0 Å². The summed E-state index contributed by atoms with van der Waals surface area (Å²) in [5.74, 6) is 0.925. The van der Waals surface area contributed by atoms with Crippen LogP contribution in [0.4, 0.5) is 0 Å². The maximum atomic E-state index is 6.38. The van der Waals surface area contributed by atoms with Gasteiger partial charge >= 0.3 is 0 Å². The first-order valence-electron chi connectivity index (χ1n) is 8.06. The molecule has 0 radical (unpaired) electrons. The Bertz CT molecular complexity index is 406. The highest BCUT2D eigenvalue weighted by Gasteiger charge is 2.24. The van der Waals surface area contributed by atoms with Crippen LogP contribution in [0.15, 0.2) is 24.3 Å². The molecule has 1 heteroatoms. The third kappa shape index (κ3) is 3.20. The second-order valence-corrected chi connectivity index (χ2v) is 6.41. The molecule has 1 nitrogen and oxygen atoms in total. The van der Waals surface area contributed by atoms with E-state index in [1.54, 1.807) is 0 Å². The zero-order valence-corrected chi connectivity index (χ0v) is 12.1. The second-order valence-electron chi connectivity index (χ2n) is 6.41. The van der Waals surface area contributed by atoms with Gasteiger partial charge in [-0.15, -0.1) is 0 Å². The molecule has 0 saturated heterocycles. The van der Waals surface area contributed by atoms with E-state index in [1.807, 2.05) is 0 Å². The van der Waals surface area contributed by atoms with Crippen LogP contribution in [0.5, 0.6) is 0 Å². The minimum absolute atomic E-state index is 0.348. The van der Waals surface area contributed by atoms with Gasteiger partial charge < -0.3 is 4.74 Å². The molecule has 1 saturated carbocycles. The van der Waals surface area contributed by atoms with Gasteiger partial charge in [0.05, 0.1) is 12.2 Å². The first-order valence-corrected chi connectivity index (χ1v) is 8.06. The van der Waals surface area contributed by atoms with Crippen molar-refractivity contribution >= 4 is 0 Å². The van der Waals surface area contributed by atoms with Crippen molar-refractivity contribution in [1.29, 1.82) is 0 Å². The van der Waals surface area contributed by atoms with Crippen molar-refractivity contribution in [3.63, 3.8) is 0 Å². The van der Waals surface area contributed by atoms with Gasteiger partial charge in [-0.1, -0.05) is 49.9 Å². The van der Waals surface area contributed by atoms with Crippen LogP contribution in [0.25, 0.3) is 0 Å². The van der Waals surface area contributed by atoms with Gasteiger partial charge in [0.1, 0.15) is 0 Å². The molecule has 2 atom stereocenters. The van der Waals surface area contributed by atoms with Gasteiger partial charge in [0.15, 0.2) is 0 Å². The van der Waals surface area contributed by atoms with Gasteiger partial charge in [-0.05, 0) is 49.7 Å². The highest BCUT2D eigenvalue weighted by molar-refractivity contribution is 5.31. The molecule has 1 aromatic carbocycles. The molecule has 0 aliphatic heterocycles. The van der Waals surface area contributed by atoms with E-state index >= 15 is 0 Å². The third-order valence-electron chi connectivity index (χ3n) is 4.85. The number of aryl methyl sites for hydroxylation is 1. The lowest BCUT2D eigenvalue weighted by Gasteiger charge is -2.29. The van der Waals surface area contributed by atoms with Crippen LogP contribution < -0.4 is 0 Å². The Balaban J connectivity index is 1.60. The fourth-order valence-electron chi connectivity index (χ4n) is 3.90. The minimum Gasteiger partial charge on any atom is -0.371 e. The highest BCUT2D eigenvalue weighted by Crippen LogP contribution is 2.35. The fraction of sp³-hybridized carbons (Fsp3) is 0.667. The molecule has 0 amide bonds. The SMILES string of the molecule is CC(CC1CCCC1)OC1CCCc2ccccc21. The molecule has 0 spiro atoms. The maximum Gasteiger partial charge on any atom is 0.0831 e. The van der Waals surface area contributed by atoms with Crippen molar-refractivity contribution in [3.8, 4) is 0 Å². The third-order valence-corrected chi connectivity index (χ3v) is 4.85. The molecule has 2 aliphatic rings. The van der Waals surface area contributed by atoms with Crippen molar-refractivity contribution in [2.45, 2.75) is 70.5 Å². The van der Waals surface area contributed by atoms with Crippen molar-refractivity contribution in [2.75, 3.05) is 0 Å². The molecule has 2 aliphatic carbocycles. The number of hydrogen-bond donors (Lipinski definition) is 0. The van der Waals surface area contributed by atoms with E-state index in [9.17, 15) is 0 Å². The van der Waals surface area contributed by atoms with Crippen LogP contribution in [0.2, 0.25) is 0 Å². The number of benzene rings is 1. The molecule has 104 valence electrons. The van der Waals surface area contributed by atoms with E-state index in [0.717, 1.165) is 5.92 Å². The van der Waals surface area contributed by atoms with Gasteiger partial charge in [-0.2, -0.15) is 0 Å². The summed E-state index contributed by atoms with van der Waals surface area (Å²) in [5.41, 5.74) is 2.96. The molecular formula is C18H26O. The quantitative estimate of drug-likeness (QED) is 0.734. The smallest absolute Gasteiger partial charge is 0.0831 e. The Morgan fingerprint density at radius 1 is 1.11 bits per heavy atom. The van der Waals surface area contributed by atoms with E-state index in [0.29, 0.717) is 12.2 Å². The molecule has 0 heterocycles. The van der Waals surface area contributed by atoms with Gasteiger partial charge in [0, 0.05) is 0 Å². The molecule has 0 N–H and O–H groups in total. The lowest BCUT2D eigenvalue weighted by atomic mass is 9.89. The Morgan fingerprint density at radius 2 is 1.89 bits per heavy atom. The molecule has 1 aromatic rings. The zero-order valence-electron chi connectivity index (χ0n) is 12.1. The Labute approximate surface area is 117 Å². The van der Waals surface area contributed by atoms with Crippen LogP contribution in [0.1, 0.15) is 69.1 Å². The maximum absolute atomic E-state index is 6.38. The van der Waals surface area contributed by atoms with Crippen molar-refractivity contribution in [2.24, 2.45) is 5.92 Å². The highest BCUT2D eigenvalue weighted by atomic mass is 16.5. The average Bonchev–Trinajstić information content (AvgIpc) is 2.92. The Hall–Kier alpha value is -0.820. The fourth-order valence-corrected chi connectivity index (χ4v) is 3.90. The van der Waals surface area contributed by atoms with Crippen molar-refractivity contribution in [3.05, 3.63) is 35.4 Å². The number of rotatable bonds is 4. The number of fused-ring (bicyclic) bond motifs is 1. The largest absolute Gasteiger partial charge is 0.371 e. The summed E-state index contributed by atoms with van der Waals surface area (Å²) in [5, 5.41) is 0. The van der Waals surface area contributed by atoms with E-state index in [2.05, 4.69) is 31.2 Å². The normalized spacial score (nSPS) is 25.2. The van der Waals surface area contributed by atoms with Crippen LogP contribution in [0.3, 0.4) is 0 Å². The molecule has 2 unspecified atom stereocenters. The molecule has 3 rings (SSSR count). The summed E-state index contributed by atoms with van der Waals surface area (Å²) in [6.45, 7) is 2.27. The summed E-state index contributed by atoms with van der Waals surface area (Å²) >= 11 is 0. The summed E-state index contributed by atoms with van der Waals surface area (Å²) in [4.78, 5) is 0. The van der Waals surface area contributed by atoms with Crippen LogP contribution in [0, 0.1) is 5.92 Å². The molecule has 19 heavy (non-hydrogen) atoms. The van der Waals surface area contributed by atoms with Gasteiger partial charge in [0.25, 0.3) is 0 Å². The van der Waals surface area contributed by atoms with Crippen LogP contribution in [-0.2, 0) is 11.2 Å². The van der Waals surface area contributed by atoms with Crippen LogP contribution >= 0.6 is 0 Å². The minimum atomic E-state index is 0.348. The predicted octanol–water partition coefficient (Wildman–Crippen LogP) is 5.05. The summed E-state index contributed by atoms with van der Waals surface area (Å²) in [6.07, 6.45) is 11.5. The second kappa shape index (κ2) is 6.09. The summed E-state index contributed by atoms with van der Waals surface area (Å²) < 4.78 is 6.38. The molecular weight excluding hydrogens is 232 g/mol. The summed E-state index contributed by atoms with van der Waals surface area (Å²) in [6, 6.07) is 8.85. The van der Waals surface area contributed by atoms with Crippen molar-refractivity contribution in [1.82, 2.24) is 0 Å². The monoisotopic (exact) mass is 258 g/mol. The Morgan fingerprint density at radius 3 is 2.74 bits per heavy atom. The lowest BCUT2D eigenvalue weighted by molar-refractivity contribution is -0.0233. The number of hydrogen-bond acceptors (Lipinski definition) is 1. The first kappa shape index (κ1) is 13.2. The summed E-state index contributed by atoms with van der Waals surface area (Å²) in [7, 11) is 0.